The molecule has 17 heavy (non-hydrogen) atoms. The Labute approximate surface area is 106 Å². The summed E-state index contributed by atoms with van der Waals surface area (Å²) in [5.41, 5.74) is 2.17. The van der Waals surface area contributed by atoms with Gasteiger partial charge in [-0.2, -0.15) is 0 Å². The van der Waals surface area contributed by atoms with Gasteiger partial charge in [-0.05, 0) is 30.8 Å². The Morgan fingerprint density at radius 1 is 1.18 bits per heavy atom. The summed E-state index contributed by atoms with van der Waals surface area (Å²) in [6, 6.07) is 9.68. The zero-order valence-electron chi connectivity index (χ0n) is 9.65. The summed E-state index contributed by atoms with van der Waals surface area (Å²) < 4.78 is 0. The van der Waals surface area contributed by atoms with Gasteiger partial charge in [0.1, 0.15) is 5.82 Å². The molecule has 4 heteroatoms. The third-order valence-electron chi connectivity index (χ3n) is 2.40. The molecule has 3 nitrogen and oxygen atoms in total. The highest BCUT2D eigenvalue weighted by Gasteiger charge is 2.01. The number of rotatable bonds is 4. The van der Waals surface area contributed by atoms with Gasteiger partial charge in [-0.1, -0.05) is 23.7 Å². The molecule has 1 N–H and O–H groups in total. The fourth-order valence-electron chi connectivity index (χ4n) is 1.59. The molecule has 0 aliphatic rings. The van der Waals surface area contributed by atoms with Gasteiger partial charge in [0.05, 0.1) is 5.69 Å². The van der Waals surface area contributed by atoms with Crippen molar-refractivity contribution in [2.24, 2.45) is 0 Å². The van der Waals surface area contributed by atoms with E-state index in [0.717, 1.165) is 35.1 Å². The first kappa shape index (κ1) is 12.0. The van der Waals surface area contributed by atoms with Gasteiger partial charge in [-0.15, -0.1) is 0 Å². The monoisotopic (exact) mass is 247 g/mol. The molecule has 0 saturated heterocycles. The van der Waals surface area contributed by atoms with Crippen LogP contribution in [0, 0.1) is 0 Å². The third-order valence-corrected chi connectivity index (χ3v) is 2.65. The van der Waals surface area contributed by atoms with E-state index in [-0.39, 0.29) is 0 Å². The van der Waals surface area contributed by atoms with E-state index in [0.29, 0.717) is 0 Å². The Kier molecular flexibility index (Phi) is 4.07. The van der Waals surface area contributed by atoms with Crippen molar-refractivity contribution < 1.29 is 0 Å². The minimum absolute atomic E-state index is 0.731. The van der Waals surface area contributed by atoms with E-state index in [1.54, 1.807) is 6.20 Å². The standard InChI is InChI=1S/C13H14ClN3/c1-15-9-12-6-7-16-13(17-12)8-10-2-4-11(14)5-3-10/h2-7,15H,8-9H2,1H3. The molecule has 1 aromatic heterocycles. The van der Waals surface area contributed by atoms with Crippen molar-refractivity contribution in [2.75, 3.05) is 7.05 Å². The van der Waals surface area contributed by atoms with E-state index in [1.807, 2.05) is 37.4 Å². The van der Waals surface area contributed by atoms with Crippen LogP contribution in [-0.4, -0.2) is 17.0 Å². The fraction of sp³-hybridized carbons (Fsp3) is 0.231. The first-order valence-electron chi connectivity index (χ1n) is 5.48. The van der Waals surface area contributed by atoms with E-state index in [1.165, 1.54) is 0 Å². The van der Waals surface area contributed by atoms with E-state index in [4.69, 9.17) is 11.6 Å². The molecule has 2 aromatic rings. The lowest BCUT2D eigenvalue weighted by molar-refractivity contribution is 0.772. The SMILES string of the molecule is CNCc1ccnc(Cc2ccc(Cl)cc2)n1. The minimum atomic E-state index is 0.731. The van der Waals surface area contributed by atoms with Crippen LogP contribution in [0.3, 0.4) is 0 Å². The van der Waals surface area contributed by atoms with Gasteiger partial charge in [0, 0.05) is 24.2 Å². The number of nitrogens with zero attached hydrogens (tertiary/aromatic N) is 2. The molecule has 0 saturated carbocycles. The molecule has 1 heterocycles. The van der Waals surface area contributed by atoms with Crippen LogP contribution in [0.25, 0.3) is 0 Å². The predicted molar refractivity (Wildman–Crippen MR) is 69.1 cm³/mol. The first-order valence-corrected chi connectivity index (χ1v) is 5.85. The van der Waals surface area contributed by atoms with Crippen LogP contribution < -0.4 is 5.32 Å². The number of aromatic nitrogens is 2. The molecule has 2 rings (SSSR count). The summed E-state index contributed by atoms with van der Waals surface area (Å²) in [5, 5.41) is 3.82. The van der Waals surface area contributed by atoms with E-state index in [2.05, 4.69) is 15.3 Å². The second-order valence-corrected chi connectivity index (χ2v) is 4.23. The topological polar surface area (TPSA) is 37.8 Å². The Bertz CT molecular complexity index is 482. The molecule has 0 aliphatic heterocycles. The number of benzene rings is 1. The summed E-state index contributed by atoms with van der Waals surface area (Å²) >= 11 is 5.84. The molecule has 0 amide bonds. The molecule has 1 aromatic carbocycles. The first-order chi connectivity index (χ1) is 8.28. The van der Waals surface area contributed by atoms with Gasteiger partial charge in [0.15, 0.2) is 0 Å². The van der Waals surface area contributed by atoms with Gasteiger partial charge >= 0.3 is 0 Å². The highest BCUT2D eigenvalue weighted by atomic mass is 35.5. The quantitative estimate of drug-likeness (QED) is 0.902. The van der Waals surface area contributed by atoms with Crippen LogP contribution in [0.15, 0.2) is 36.5 Å². The Morgan fingerprint density at radius 3 is 2.65 bits per heavy atom. The van der Waals surface area contributed by atoms with E-state index >= 15 is 0 Å². The van der Waals surface area contributed by atoms with Crippen molar-refractivity contribution in [3.8, 4) is 0 Å². The summed E-state index contributed by atoms with van der Waals surface area (Å²) in [5.74, 6) is 0.833. The van der Waals surface area contributed by atoms with Crippen LogP contribution in [0.5, 0.6) is 0 Å². The smallest absolute Gasteiger partial charge is 0.132 e. The summed E-state index contributed by atoms with van der Waals surface area (Å²) in [6.45, 7) is 0.760. The number of nitrogens with one attached hydrogen (secondary N) is 1. The fourth-order valence-corrected chi connectivity index (χ4v) is 1.72. The maximum Gasteiger partial charge on any atom is 0.132 e. The summed E-state index contributed by atoms with van der Waals surface area (Å²) in [6.07, 6.45) is 2.53. The van der Waals surface area contributed by atoms with Gasteiger partial charge in [0.2, 0.25) is 0 Å². The zero-order chi connectivity index (χ0) is 12.1. The highest BCUT2D eigenvalue weighted by molar-refractivity contribution is 6.30. The van der Waals surface area contributed by atoms with Crippen LogP contribution in [0.2, 0.25) is 5.02 Å². The minimum Gasteiger partial charge on any atom is -0.314 e. The second-order valence-electron chi connectivity index (χ2n) is 3.80. The van der Waals surface area contributed by atoms with Crippen molar-refractivity contribution in [2.45, 2.75) is 13.0 Å². The predicted octanol–water partition coefficient (Wildman–Crippen LogP) is 2.44. The lowest BCUT2D eigenvalue weighted by Gasteiger charge is -2.03. The van der Waals surface area contributed by atoms with Crippen molar-refractivity contribution in [1.29, 1.82) is 0 Å². The number of halogens is 1. The second kappa shape index (κ2) is 5.75. The van der Waals surface area contributed by atoms with E-state index in [9.17, 15) is 0 Å². The van der Waals surface area contributed by atoms with E-state index < -0.39 is 0 Å². The molecular formula is C13H14ClN3. The van der Waals surface area contributed by atoms with Crippen molar-refractivity contribution in [3.63, 3.8) is 0 Å². The van der Waals surface area contributed by atoms with Crippen molar-refractivity contribution in [1.82, 2.24) is 15.3 Å². The molecular weight excluding hydrogens is 234 g/mol. The third kappa shape index (κ3) is 3.51. The van der Waals surface area contributed by atoms with Gasteiger partial charge in [0.25, 0.3) is 0 Å². The zero-order valence-corrected chi connectivity index (χ0v) is 10.4. The molecule has 0 spiro atoms. The molecule has 0 fully saturated rings. The summed E-state index contributed by atoms with van der Waals surface area (Å²) in [7, 11) is 1.90. The molecule has 0 bridgehead atoms. The maximum absolute atomic E-state index is 5.84. The summed E-state index contributed by atoms with van der Waals surface area (Å²) in [4.78, 5) is 8.74. The molecule has 0 unspecified atom stereocenters. The normalized spacial score (nSPS) is 10.5. The van der Waals surface area contributed by atoms with Crippen molar-refractivity contribution >= 4 is 11.6 Å². The molecule has 0 radical (unpaired) electrons. The van der Waals surface area contributed by atoms with Crippen LogP contribution in [0.1, 0.15) is 17.1 Å². The lowest BCUT2D eigenvalue weighted by Crippen LogP contribution is -2.09. The maximum atomic E-state index is 5.84. The van der Waals surface area contributed by atoms with Crippen LogP contribution in [0.4, 0.5) is 0 Å². The Hall–Kier alpha value is -1.45. The van der Waals surface area contributed by atoms with Crippen LogP contribution >= 0.6 is 11.6 Å². The van der Waals surface area contributed by atoms with Gasteiger partial charge in [-0.3, -0.25) is 0 Å². The molecule has 0 aliphatic carbocycles. The number of hydrogen-bond acceptors (Lipinski definition) is 3. The largest absolute Gasteiger partial charge is 0.314 e. The lowest BCUT2D eigenvalue weighted by atomic mass is 10.1. The van der Waals surface area contributed by atoms with Gasteiger partial charge < -0.3 is 5.32 Å². The Morgan fingerprint density at radius 2 is 1.94 bits per heavy atom. The van der Waals surface area contributed by atoms with Crippen molar-refractivity contribution in [3.05, 3.63) is 58.6 Å². The average molecular weight is 248 g/mol. The highest BCUT2D eigenvalue weighted by Crippen LogP contribution is 2.11. The van der Waals surface area contributed by atoms with Crippen LogP contribution in [-0.2, 0) is 13.0 Å². The average Bonchev–Trinajstić information content (AvgIpc) is 2.33. The van der Waals surface area contributed by atoms with Gasteiger partial charge in [-0.25, -0.2) is 9.97 Å². The molecule has 0 atom stereocenters. The molecule has 88 valence electrons. The number of hydrogen-bond donors (Lipinski definition) is 1. The Balaban J connectivity index is 2.12.